The first kappa shape index (κ1) is 20.6. The number of amides is 2. The Morgan fingerprint density at radius 3 is 2.52 bits per heavy atom. The molecule has 1 aliphatic heterocycles. The van der Waals surface area contributed by atoms with E-state index in [1.54, 1.807) is 17.2 Å². The summed E-state index contributed by atoms with van der Waals surface area (Å²) < 4.78 is 5.30. The average Bonchev–Trinajstić information content (AvgIpc) is 3.37. The number of carbonyl (C=O) groups is 2. The summed E-state index contributed by atoms with van der Waals surface area (Å²) in [6.07, 6.45) is 1.79. The second kappa shape index (κ2) is 8.99. The molecule has 3 aromatic rings. The first-order valence-electron chi connectivity index (χ1n) is 10.2. The lowest BCUT2D eigenvalue weighted by atomic mass is 10.1. The van der Waals surface area contributed by atoms with E-state index in [-0.39, 0.29) is 24.2 Å². The van der Waals surface area contributed by atoms with E-state index >= 15 is 0 Å². The van der Waals surface area contributed by atoms with Crippen molar-refractivity contribution in [3.63, 3.8) is 0 Å². The number of nitrogens with zero attached hydrogens (tertiary/aromatic N) is 3. The molecule has 8 heteroatoms. The Bertz CT molecular complexity index is 1040. The third-order valence-corrected chi connectivity index (χ3v) is 5.14. The van der Waals surface area contributed by atoms with E-state index in [9.17, 15) is 9.59 Å². The van der Waals surface area contributed by atoms with E-state index in [4.69, 9.17) is 4.42 Å². The smallest absolute Gasteiger partial charge is 0.229 e. The van der Waals surface area contributed by atoms with Crippen LogP contribution in [0.15, 0.2) is 53.1 Å². The molecule has 2 aromatic heterocycles. The summed E-state index contributed by atoms with van der Waals surface area (Å²) in [6, 6.07) is 13.0. The van der Waals surface area contributed by atoms with Gasteiger partial charge in [0, 0.05) is 35.7 Å². The summed E-state index contributed by atoms with van der Waals surface area (Å²) in [5, 5.41) is 6.19. The molecule has 31 heavy (non-hydrogen) atoms. The maximum absolute atomic E-state index is 12.6. The fourth-order valence-electron chi connectivity index (χ4n) is 3.67. The molecule has 1 atom stereocenters. The minimum atomic E-state index is -0.373. The van der Waals surface area contributed by atoms with Crippen LogP contribution >= 0.6 is 0 Å². The van der Waals surface area contributed by atoms with Gasteiger partial charge in [0.2, 0.25) is 11.8 Å². The molecule has 0 spiro atoms. The Labute approximate surface area is 180 Å². The fourth-order valence-corrected chi connectivity index (χ4v) is 3.67. The highest BCUT2D eigenvalue weighted by molar-refractivity contribution is 5.97. The number of carbonyl (C=O) groups excluding carboxylic acids is 2. The summed E-state index contributed by atoms with van der Waals surface area (Å²) in [4.78, 5) is 35.3. The van der Waals surface area contributed by atoms with Crippen LogP contribution in [0.25, 0.3) is 0 Å². The zero-order chi connectivity index (χ0) is 21.8. The Balaban J connectivity index is 1.29. The molecule has 2 N–H and O–H groups in total. The normalized spacial score (nSPS) is 15.9. The number of aryl methyl sites for hydroxylation is 2. The van der Waals surface area contributed by atoms with Crippen LogP contribution in [-0.2, 0) is 22.7 Å². The van der Waals surface area contributed by atoms with Gasteiger partial charge in [0.15, 0.2) is 0 Å². The van der Waals surface area contributed by atoms with Crippen LogP contribution in [0.4, 0.5) is 11.4 Å². The molecule has 8 nitrogen and oxygen atoms in total. The molecule has 0 aliphatic carbocycles. The maximum atomic E-state index is 12.6. The highest BCUT2D eigenvalue weighted by Crippen LogP contribution is 2.23. The molecule has 160 valence electrons. The first-order valence-corrected chi connectivity index (χ1v) is 10.2. The zero-order valence-electron chi connectivity index (χ0n) is 17.6. The molecule has 4 rings (SSSR count). The van der Waals surface area contributed by atoms with Crippen molar-refractivity contribution in [2.75, 3.05) is 17.2 Å². The number of furan rings is 1. The van der Waals surface area contributed by atoms with Gasteiger partial charge in [0.05, 0.1) is 25.3 Å². The van der Waals surface area contributed by atoms with Crippen molar-refractivity contribution in [1.29, 1.82) is 0 Å². The quantitative estimate of drug-likeness (QED) is 0.610. The number of likely N-dealkylation sites (tertiary alicyclic amines) is 1. The number of aromatic nitrogens is 2. The molecule has 1 saturated heterocycles. The number of hydrogen-bond acceptors (Lipinski definition) is 6. The van der Waals surface area contributed by atoms with Crippen molar-refractivity contribution >= 4 is 23.2 Å². The third kappa shape index (κ3) is 5.28. The summed E-state index contributed by atoms with van der Waals surface area (Å²) >= 11 is 0. The van der Waals surface area contributed by atoms with Crippen molar-refractivity contribution in [1.82, 2.24) is 14.9 Å². The molecule has 3 heterocycles. The first-order chi connectivity index (χ1) is 15.0. The minimum Gasteiger partial charge on any atom is -0.467 e. The van der Waals surface area contributed by atoms with Crippen molar-refractivity contribution < 1.29 is 14.0 Å². The van der Waals surface area contributed by atoms with E-state index < -0.39 is 0 Å². The van der Waals surface area contributed by atoms with Crippen LogP contribution in [0.1, 0.15) is 29.4 Å². The van der Waals surface area contributed by atoms with Crippen molar-refractivity contribution in [2.24, 2.45) is 5.92 Å². The van der Waals surface area contributed by atoms with Gasteiger partial charge >= 0.3 is 0 Å². The van der Waals surface area contributed by atoms with E-state index in [1.165, 1.54) is 0 Å². The molecule has 1 fully saturated rings. The highest BCUT2D eigenvalue weighted by Gasteiger charge is 2.34. The summed E-state index contributed by atoms with van der Waals surface area (Å²) in [7, 11) is 0. The molecule has 1 aromatic carbocycles. The van der Waals surface area contributed by atoms with Crippen molar-refractivity contribution in [3.05, 3.63) is 71.7 Å². The largest absolute Gasteiger partial charge is 0.467 e. The second-order valence-electron chi connectivity index (χ2n) is 7.74. The Kier molecular flexibility index (Phi) is 5.97. The van der Waals surface area contributed by atoms with Gasteiger partial charge in [-0.3, -0.25) is 9.59 Å². The SMILES string of the molecule is Cc1cc(C)nc(CNc2ccc(NC(=O)C3CC(=O)N(Cc4ccco4)C3)cc2)n1. The zero-order valence-corrected chi connectivity index (χ0v) is 17.6. The fraction of sp³-hybridized carbons (Fsp3) is 0.304. The molecule has 0 bridgehead atoms. The van der Waals surface area contributed by atoms with Gasteiger partial charge in [-0.15, -0.1) is 0 Å². The van der Waals surface area contributed by atoms with Gasteiger partial charge in [0.1, 0.15) is 11.6 Å². The van der Waals surface area contributed by atoms with Crippen LogP contribution in [0, 0.1) is 19.8 Å². The molecular formula is C23H25N5O3. The molecule has 1 aliphatic rings. The van der Waals surface area contributed by atoms with E-state index in [0.29, 0.717) is 31.1 Å². The number of benzene rings is 1. The number of anilines is 2. The number of rotatable bonds is 7. The average molecular weight is 419 g/mol. The van der Waals surface area contributed by atoms with Gasteiger partial charge in [0.25, 0.3) is 0 Å². The van der Waals surface area contributed by atoms with Crippen molar-refractivity contribution in [2.45, 2.75) is 33.4 Å². The van der Waals surface area contributed by atoms with E-state index in [0.717, 1.165) is 22.9 Å². The number of hydrogen-bond donors (Lipinski definition) is 2. The summed E-state index contributed by atoms with van der Waals surface area (Å²) in [6.45, 7) is 5.19. The van der Waals surface area contributed by atoms with Crippen LogP contribution in [0.5, 0.6) is 0 Å². The molecule has 1 unspecified atom stereocenters. The topological polar surface area (TPSA) is 100 Å². The van der Waals surface area contributed by atoms with Gasteiger partial charge in [-0.1, -0.05) is 0 Å². The van der Waals surface area contributed by atoms with Crippen LogP contribution < -0.4 is 10.6 Å². The third-order valence-electron chi connectivity index (χ3n) is 5.14. The van der Waals surface area contributed by atoms with Gasteiger partial charge < -0.3 is 20.0 Å². The maximum Gasteiger partial charge on any atom is 0.229 e. The second-order valence-corrected chi connectivity index (χ2v) is 7.74. The summed E-state index contributed by atoms with van der Waals surface area (Å²) in [5.74, 6) is 0.884. The highest BCUT2D eigenvalue weighted by atomic mass is 16.3. The Hall–Kier alpha value is -3.68. The lowest BCUT2D eigenvalue weighted by Gasteiger charge is -2.15. The van der Waals surface area contributed by atoms with Crippen LogP contribution in [0.3, 0.4) is 0 Å². The van der Waals surface area contributed by atoms with E-state index in [1.807, 2.05) is 50.2 Å². The standard InChI is InChI=1S/C23H25N5O3/c1-15-10-16(2)26-21(25-15)12-24-18-5-7-19(8-6-18)27-23(30)17-11-22(29)28(13-17)14-20-4-3-9-31-20/h3-10,17,24H,11-14H2,1-2H3,(H,27,30). The minimum absolute atomic E-state index is 0.0373. The molecule has 2 amide bonds. The van der Waals surface area contributed by atoms with Crippen molar-refractivity contribution in [3.8, 4) is 0 Å². The monoisotopic (exact) mass is 419 g/mol. The lowest BCUT2D eigenvalue weighted by Crippen LogP contribution is -2.27. The molecular weight excluding hydrogens is 394 g/mol. The number of nitrogens with one attached hydrogen (secondary N) is 2. The molecule has 0 saturated carbocycles. The lowest BCUT2D eigenvalue weighted by molar-refractivity contribution is -0.128. The predicted molar refractivity (Wildman–Crippen MR) is 116 cm³/mol. The van der Waals surface area contributed by atoms with Gasteiger partial charge in [-0.05, 0) is 56.3 Å². The van der Waals surface area contributed by atoms with Gasteiger partial charge in [-0.25, -0.2) is 9.97 Å². The Morgan fingerprint density at radius 2 is 1.84 bits per heavy atom. The van der Waals surface area contributed by atoms with E-state index in [2.05, 4.69) is 20.6 Å². The predicted octanol–water partition coefficient (Wildman–Crippen LogP) is 3.29. The summed E-state index contributed by atoms with van der Waals surface area (Å²) in [5.41, 5.74) is 3.47. The molecule has 0 radical (unpaired) electrons. The van der Waals surface area contributed by atoms with Crippen LogP contribution in [0.2, 0.25) is 0 Å². The Morgan fingerprint density at radius 1 is 1.13 bits per heavy atom. The van der Waals surface area contributed by atoms with Gasteiger partial charge in [-0.2, -0.15) is 0 Å². The van der Waals surface area contributed by atoms with Crippen LogP contribution in [-0.4, -0.2) is 33.2 Å².